The minimum Gasteiger partial charge on any atom is -0.506 e. The zero-order chi connectivity index (χ0) is 17.4. The van der Waals surface area contributed by atoms with Gasteiger partial charge in [0.05, 0.1) is 28.4 Å². The van der Waals surface area contributed by atoms with Gasteiger partial charge in [-0.25, -0.2) is 9.50 Å². The van der Waals surface area contributed by atoms with Crippen LogP contribution in [-0.4, -0.2) is 29.8 Å². The van der Waals surface area contributed by atoms with Crippen molar-refractivity contribution < 1.29 is 10.2 Å². The average Bonchev–Trinajstić information content (AvgIpc) is 3.03. The molecule has 0 aliphatic heterocycles. The molecule has 4 aromatic rings. The highest BCUT2D eigenvalue weighted by molar-refractivity contribution is 6.32. The molecular formula is C18H13ClN4O2. The lowest BCUT2D eigenvalue weighted by molar-refractivity contribution is 0.282. The summed E-state index contributed by atoms with van der Waals surface area (Å²) in [6.07, 6.45) is 4.89. The van der Waals surface area contributed by atoms with E-state index in [4.69, 9.17) is 11.6 Å². The number of phenols is 1. The molecular weight excluding hydrogens is 340 g/mol. The van der Waals surface area contributed by atoms with Gasteiger partial charge < -0.3 is 10.2 Å². The number of pyridine rings is 1. The number of hydrogen-bond acceptors (Lipinski definition) is 5. The van der Waals surface area contributed by atoms with Gasteiger partial charge in [-0.05, 0) is 30.3 Å². The summed E-state index contributed by atoms with van der Waals surface area (Å²) in [5.41, 5.74) is 3.29. The third-order valence-electron chi connectivity index (χ3n) is 3.97. The second-order valence-corrected chi connectivity index (χ2v) is 5.84. The topological polar surface area (TPSA) is 83.5 Å². The number of halogens is 1. The molecule has 124 valence electrons. The number of aromatic nitrogens is 4. The van der Waals surface area contributed by atoms with Gasteiger partial charge in [0.15, 0.2) is 5.82 Å². The van der Waals surface area contributed by atoms with E-state index in [1.54, 1.807) is 47.4 Å². The molecule has 7 heteroatoms. The molecule has 0 radical (unpaired) electrons. The first kappa shape index (κ1) is 15.6. The van der Waals surface area contributed by atoms with Crippen molar-refractivity contribution in [1.82, 2.24) is 19.6 Å². The van der Waals surface area contributed by atoms with Crippen LogP contribution in [0.4, 0.5) is 0 Å². The molecule has 0 bridgehead atoms. The van der Waals surface area contributed by atoms with Gasteiger partial charge in [-0.15, -0.1) is 0 Å². The fraction of sp³-hybridized carbons (Fsp3) is 0.0556. The Bertz CT molecular complexity index is 1080. The average molecular weight is 353 g/mol. The van der Waals surface area contributed by atoms with E-state index < -0.39 is 0 Å². The first-order valence-electron chi connectivity index (χ1n) is 7.56. The van der Waals surface area contributed by atoms with Crippen LogP contribution in [0.25, 0.3) is 28.2 Å². The highest BCUT2D eigenvalue weighted by Gasteiger charge is 2.19. The molecule has 3 heterocycles. The van der Waals surface area contributed by atoms with Gasteiger partial charge in [0.2, 0.25) is 0 Å². The van der Waals surface area contributed by atoms with Crippen molar-refractivity contribution in [2.24, 2.45) is 0 Å². The molecule has 0 spiro atoms. The molecule has 2 N–H and O–H groups in total. The second kappa shape index (κ2) is 6.16. The minimum atomic E-state index is -0.153. The van der Waals surface area contributed by atoms with Crippen molar-refractivity contribution >= 4 is 17.1 Å². The number of para-hydroxylation sites is 1. The van der Waals surface area contributed by atoms with E-state index in [9.17, 15) is 10.2 Å². The molecule has 0 saturated carbocycles. The van der Waals surface area contributed by atoms with Gasteiger partial charge in [0.25, 0.3) is 0 Å². The predicted molar refractivity (Wildman–Crippen MR) is 94.3 cm³/mol. The summed E-state index contributed by atoms with van der Waals surface area (Å²) in [6.45, 7) is -0.153. The van der Waals surface area contributed by atoms with Crippen molar-refractivity contribution in [2.75, 3.05) is 0 Å². The van der Waals surface area contributed by atoms with E-state index in [0.29, 0.717) is 22.6 Å². The molecule has 1 aromatic carbocycles. The van der Waals surface area contributed by atoms with Crippen molar-refractivity contribution in [3.8, 4) is 28.4 Å². The number of hydrogen-bond donors (Lipinski definition) is 2. The number of rotatable bonds is 3. The molecule has 6 nitrogen and oxygen atoms in total. The number of aromatic hydroxyl groups is 1. The Balaban J connectivity index is 2.04. The Kier molecular flexibility index (Phi) is 3.83. The van der Waals surface area contributed by atoms with E-state index in [2.05, 4.69) is 15.1 Å². The molecule has 3 aromatic heterocycles. The maximum Gasteiger partial charge on any atom is 0.165 e. The van der Waals surface area contributed by atoms with E-state index in [-0.39, 0.29) is 17.4 Å². The third kappa shape index (κ3) is 2.52. The second-order valence-electron chi connectivity index (χ2n) is 5.43. The summed E-state index contributed by atoms with van der Waals surface area (Å²) < 4.78 is 1.64. The van der Waals surface area contributed by atoms with E-state index in [0.717, 1.165) is 11.1 Å². The zero-order valence-corrected chi connectivity index (χ0v) is 13.7. The number of imidazole rings is 1. The van der Waals surface area contributed by atoms with E-state index in [1.807, 2.05) is 12.1 Å². The maximum absolute atomic E-state index is 10.3. The van der Waals surface area contributed by atoms with Crippen LogP contribution in [0.2, 0.25) is 5.02 Å². The van der Waals surface area contributed by atoms with E-state index >= 15 is 0 Å². The Labute approximate surface area is 148 Å². The molecule has 0 fully saturated rings. The SMILES string of the molecule is OCc1cnccc1-c1nc(-c2cccc(Cl)c2O)n2ncccc12. The van der Waals surface area contributed by atoms with Crippen LogP contribution in [0.15, 0.2) is 55.0 Å². The Morgan fingerprint density at radius 3 is 2.76 bits per heavy atom. The van der Waals surface area contributed by atoms with Crippen molar-refractivity contribution in [2.45, 2.75) is 6.61 Å². The summed E-state index contributed by atoms with van der Waals surface area (Å²) in [4.78, 5) is 8.73. The first-order chi connectivity index (χ1) is 12.2. The van der Waals surface area contributed by atoms with Crippen LogP contribution in [-0.2, 0) is 6.61 Å². The van der Waals surface area contributed by atoms with Gasteiger partial charge >= 0.3 is 0 Å². The van der Waals surface area contributed by atoms with Crippen LogP contribution >= 0.6 is 11.6 Å². The lowest BCUT2D eigenvalue weighted by Gasteiger charge is -2.04. The normalized spacial score (nSPS) is 11.1. The van der Waals surface area contributed by atoms with Crippen LogP contribution in [0.1, 0.15) is 5.56 Å². The van der Waals surface area contributed by atoms with Crippen molar-refractivity contribution in [1.29, 1.82) is 0 Å². The lowest BCUT2D eigenvalue weighted by Crippen LogP contribution is -1.94. The van der Waals surface area contributed by atoms with E-state index in [1.165, 1.54) is 0 Å². The van der Waals surface area contributed by atoms with Gasteiger partial charge in [-0.2, -0.15) is 5.10 Å². The van der Waals surface area contributed by atoms with Crippen molar-refractivity contribution in [3.63, 3.8) is 0 Å². The number of fused-ring (bicyclic) bond motifs is 1. The summed E-state index contributed by atoms with van der Waals surface area (Å²) >= 11 is 6.04. The Morgan fingerprint density at radius 2 is 1.92 bits per heavy atom. The standard InChI is InChI=1S/C18H13ClN4O2/c19-14-4-1-3-13(17(14)25)18-22-16(15-5-2-7-21-23(15)18)12-6-8-20-9-11(12)10-24/h1-9,24-25H,10H2. The molecule has 0 unspecified atom stereocenters. The zero-order valence-electron chi connectivity index (χ0n) is 13.0. The lowest BCUT2D eigenvalue weighted by atomic mass is 10.1. The van der Waals surface area contributed by atoms with Crippen LogP contribution in [0.5, 0.6) is 5.75 Å². The van der Waals surface area contributed by atoms with Gasteiger partial charge in [-0.3, -0.25) is 4.98 Å². The summed E-state index contributed by atoms with van der Waals surface area (Å²) in [6, 6.07) is 10.6. The van der Waals surface area contributed by atoms with Gasteiger partial charge in [-0.1, -0.05) is 17.7 Å². The maximum atomic E-state index is 10.3. The molecule has 0 amide bonds. The quantitative estimate of drug-likeness (QED) is 0.591. The largest absolute Gasteiger partial charge is 0.506 e. The molecule has 0 atom stereocenters. The Hall–Kier alpha value is -2.96. The number of benzene rings is 1. The number of nitrogens with zero attached hydrogens (tertiary/aromatic N) is 4. The first-order valence-corrected chi connectivity index (χ1v) is 7.94. The Morgan fingerprint density at radius 1 is 1.04 bits per heavy atom. The highest BCUT2D eigenvalue weighted by Crippen LogP contribution is 2.37. The molecule has 25 heavy (non-hydrogen) atoms. The molecule has 0 saturated heterocycles. The molecule has 0 aliphatic carbocycles. The summed E-state index contributed by atoms with van der Waals surface area (Å²) in [7, 11) is 0. The smallest absolute Gasteiger partial charge is 0.165 e. The fourth-order valence-electron chi connectivity index (χ4n) is 2.78. The van der Waals surface area contributed by atoms with Crippen LogP contribution in [0.3, 0.4) is 0 Å². The number of aliphatic hydroxyl groups is 1. The third-order valence-corrected chi connectivity index (χ3v) is 4.27. The van der Waals surface area contributed by atoms with Crippen molar-refractivity contribution in [3.05, 3.63) is 65.6 Å². The predicted octanol–water partition coefficient (Wildman–Crippen LogP) is 3.31. The highest BCUT2D eigenvalue weighted by atomic mass is 35.5. The van der Waals surface area contributed by atoms with Gasteiger partial charge in [0, 0.05) is 29.7 Å². The van der Waals surface area contributed by atoms with Crippen LogP contribution in [0, 0.1) is 0 Å². The molecule has 4 rings (SSSR count). The monoisotopic (exact) mass is 352 g/mol. The number of phenolic OH excluding ortho intramolecular Hbond substituents is 1. The summed E-state index contributed by atoms with van der Waals surface area (Å²) in [5, 5.41) is 24.5. The number of aliphatic hydroxyl groups excluding tert-OH is 1. The van der Waals surface area contributed by atoms with Gasteiger partial charge in [0.1, 0.15) is 5.75 Å². The summed E-state index contributed by atoms with van der Waals surface area (Å²) in [5.74, 6) is 0.414. The van der Waals surface area contributed by atoms with Crippen LogP contribution < -0.4 is 0 Å². The molecule has 0 aliphatic rings. The fourth-order valence-corrected chi connectivity index (χ4v) is 2.96. The minimum absolute atomic E-state index is 0.0506.